The second-order valence-corrected chi connectivity index (χ2v) is 9.38. The second kappa shape index (κ2) is 13.6. The molecule has 4 heterocycles. The van der Waals surface area contributed by atoms with E-state index in [4.69, 9.17) is 0 Å². The fourth-order valence-electron chi connectivity index (χ4n) is 4.41. The Labute approximate surface area is 227 Å². The van der Waals surface area contributed by atoms with Gasteiger partial charge in [-0.1, -0.05) is 31.6 Å². The SMILES string of the molecule is CC.CNc1ccc(-c2ccnc(C)c2/C=C(\C)CN2CC=C(c3ccc(C(=O)N(C)C)cn3)CC2)cn1. The van der Waals surface area contributed by atoms with Crippen molar-refractivity contribution >= 4 is 23.4 Å². The van der Waals surface area contributed by atoms with Gasteiger partial charge in [-0.05, 0) is 61.7 Å². The molecule has 0 spiro atoms. The predicted octanol–water partition coefficient (Wildman–Crippen LogP) is 5.81. The number of aromatic nitrogens is 3. The topological polar surface area (TPSA) is 74.2 Å². The van der Waals surface area contributed by atoms with E-state index < -0.39 is 0 Å². The van der Waals surface area contributed by atoms with Crippen molar-refractivity contribution in [1.82, 2.24) is 24.8 Å². The number of nitrogens with one attached hydrogen (secondary N) is 1. The summed E-state index contributed by atoms with van der Waals surface area (Å²) in [6.45, 7) is 11.0. The van der Waals surface area contributed by atoms with E-state index in [1.54, 1.807) is 25.2 Å². The first kappa shape index (κ1) is 28.7. The maximum atomic E-state index is 12.1. The first-order valence-electron chi connectivity index (χ1n) is 13.2. The Hall–Kier alpha value is -3.84. The van der Waals surface area contributed by atoms with Crippen molar-refractivity contribution in [2.45, 2.75) is 34.1 Å². The van der Waals surface area contributed by atoms with E-state index in [1.807, 2.05) is 51.5 Å². The van der Waals surface area contributed by atoms with Gasteiger partial charge in [0.1, 0.15) is 5.82 Å². The van der Waals surface area contributed by atoms with Crippen LogP contribution in [0, 0.1) is 6.92 Å². The van der Waals surface area contributed by atoms with Gasteiger partial charge in [0.05, 0.1) is 11.3 Å². The monoisotopic (exact) mass is 512 g/mol. The molecule has 1 N–H and O–H groups in total. The highest BCUT2D eigenvalue weighted by Gasteiger charge is 2.16. The van der Waals surface area contributed by atoms with Gasteiger partial charge in [0.2, 0.25) is 0 Å². The Bertz CT molecular complexity index is 1280. The molecule has 3 aromatic rings. The summed E-state index contributed by atoms with van der Waals surface area (Å²) in [5, 5.41) is 3.07. The third-order valence-electron chi connectivity index (χ3n) is 6.42. The van der Waals surface area contributed by atoms with E-state index in [9.17, 15) is 4.79 Å². The lowest BCUT2D eigenvalue weighted by Gasteiger charge is -2.26. The summed E-state index contributed by atoms with van der Waals surface area (Å²) in [6, 6.07) is 9.96. The Morgan fingerprint density at radius 1 is 1.08 bits per heavy atom. The highest BCUT2D eigenvalue weighted by Crippen LogP contribution is 2.28. The number of carbonyl (C=O) groups excluding carboxylic acids is 1. The highest BCUT2D eigenvalue weighted by molar-refractivity contribution is 5.93. The van der Waals surface area contributed by atoms with Gasteiger partial charge in [-0.3, -0.25) is 19.7 Å². The van der Waals surface area contributed by atoms with Crippen LogP contribution in [0.3, 0.4) is 0 Å². The summed E-state index contributed by atoms with van der Waals surface area (Å²) in [5.74, 6) is 0.821. The normalized spacial score (nSPS) is 13.8. The van der Waals surface area contributed by atoms with E-state index in [2.05, 4.69) is 63.3 Å². The number of hydrogen-bond donors (Lipinski definition) is 1. The van der Waals surface area contributed by atoms with E-state index in [0.717, 1.165) is 60.0 Å². The minimum Gasteiger partial charge on any atom is -0.373 e. The number of carbonyl (C=O) groups is 1. The number of aryl methyl sites for hydroxylation is 1. The molecule has 0 atom stereocenters. The molecule has 0 radical (unpaired) electrons. The molecule has 0 aliphatic carbocycles. The van der Waals surface area contributed by atoms with Crippen molar-refractivity contribution in [3.05, 3.63) is 83.1 Å². The molecule has 1 aliphatic heterocycles. The molecule has 0 unspecified atom stereocenters. The van der Waals surface area contributed by atoms with Gasteiger partial charge in [-0.2, -0.15) is 0 Å². The third kappa shape index (κ3) is 7.13. The van der Waals surface area contributed by atoms with E-state index in [1.165, 1.54) is 11.1 Å². The average molecular weight is 513 g/mol. The molecule has 0 saturated heterocycles. The van der Waals surface area contributed by atoms with E-state index in [0.29, 0.717) is 5.56 Å². The Morgan fingerprint density at radius 2 is 1.87 bits per heavy atom. The van der Waals surface area contributed by atoms with Crippen LogP contribution in [-0.4, -0.2) is 71.4 Å². The molecule has 1 amide bonds. The highest BCUT2D eigenvalue weighted by atomic mass is 16.2. The first-order valence-corrected chi connectivity index (χ1v) is 13.2. The predicted molar refractivity (Wildman–Crippen MR) is 158 cm³/mol. The van der Waals surface area contributed by atoms with Crippen LogP contribution < -0.4 is 5.32 Å². The van der Waals surface area contributed by atoms with E-state index >= 15 is 0 Å². The van der Waals surface area contributed by atoms with Crippen LogP contribution in [0.25, 0.3) is 22.8 Å². The van der Waals surface area contributed by atoms with Gasteiger partial charge in [0, 0.05) is 76.2 Å². The molecule has 7 nitrogen and oxygen atoms in total. The van der Waals surface area contributed by atoms with Crippen molar-refractivity contribution < 1.29 is 4.79 Å². The van der Waals surface area contributed by atoms with Crippen molar-refractivity contribution in [2.75, 3.05) is 46.1 Å². The molecule has 38 heavy (non-hydrogen) atoms. The zero-order valence-corrected chi connectivity index (χ0v) is 23.7. The molecule has 1 aliphatic rings. The summed E-state index contributed by atoms with van der Waals surface area (Å²) in [6.07, 6.45) is 10.9. The number of amides is 1. The van der Waals surface area contributed by atoms with Crippen LogP contribution in [0.1, 0.15) is 54.5 Å². The van der Waals surface area contributed by atoms with Crippen molar-refractivity contribution in [3.8, 4) is 11.1 Å². The summed E-state index contributed by atoms with van der Waals surface area (Å²) in [5.41, 5.74) is 8.45. The summed E-state index contributed by atoms with van der Waals surface area (Å²) >= 11 is 0. The van der Waals surface area contributed by atoms with Crippen LogP contribution in [0.15, 0.2) is 60.6 Å². The van der Waals surface area contributed by atoms with Crippen LogP contribution in [0.2, 0.25) is 0 Å². The molecule has 4 rings (SSSR count). The first-order chi connectivity index (χ1) is 18.4. The van der Waals surface area contributed by atoms with Gasteiger partial charge >= 0.3 is 0 Å². The lowest BCUT2D eigenvalue weighted by Crippen LogP contribution is -2.30. The lowest BCUT2D eigenvalue weighted by atomic mass is 9.98. The molecular formula is C31H40N6O. The standard InChI is InChI=1S/C29H34N6O.C2H6/c1-20(16-26-21(2)31-13-10-25(26)23-7-9-28(30-3)33-17-23)19-35-14-11-22(12-15-35)27-8-6-24(18-32-27)29(36)34(4)5;1-2/h6-11,13,16-18H,12,14-15,19H2,1-5H3,(H,30,33);1-2H3/b20-16+;. The summed E-state index contributed by atoms with van der Waals surface area (Å²) in [4.78, 5) is 29.7. The van der Waals surface area contributed by atoms with Gasteiger partial charge in [0.15, 0.2) is 0 Å². The number of nitrogens with zero attached hydrogens (tertiary/aromatic N) is 5. The van der Waals surface area contributed by atoms with Gasteiger partial charge < -0.3 is 10.2 Å². The maximum Gasteiger partial charge on any atom is 0.254 e. The quantitative estimate of drug-likeness (QED) is 0.431. The molecule has 0 saturated carbocycles. The lowest BCUT2D eigenvalue weighted by molar-refractivity contribution is 0.0827. The van der Waals surface area contributed by atoms with E-state index in [-0.39, 0.29) is 5.91 Å². The fourth-order valence-corrected chi connectivity index (χ4v) is 4.41. The number of anilines is 1. The van der Waals surface area contributed by atoms with Gasteiger partial charge in [-0.25, -0.2) is 4.98 Å². The Morgan fingerprint density at radius 3 is 2.45 bits per heavy atom. The van der Waals surface area contributed by atoms with Crippen LogP contribution in [0.4, 0.5) is 5.82 Å². The van der Waals surface area contributed by atoms with Crippen LogP contribution >= 0.6 is 0 Å². The smallest absolute Gasteiger partial charge is 0.254 e. The van der Waals surface area contributed by atoms with Crippen molar-refractivity contribution in [1.29, 1.82) is 0 Å². The number of rotatable bonds is 7. The van der Waals surface area contributed by atoms with Crippen molar-refractivity contribution in [2.24, 2.45) is 0 Å². The summed E-state index contributed by atoms with van der Waals surface area (Å²) in [7, 11) is 5.37. The molecular weight excluding hydrogens is 472 g/mol. The fraction of sp³-hybridized carbons (Fsp3) is 0.355. The number of pyridine rings is 3. The molecule has 0 bridgehead atoms. The maximum absolute atomic E-state index is 12.1. The minimum atomic E-state index is -0.0293. The zero-order chi connectivity index (χ0) is 27.7. The number of hydrogen-bond acceptors (Lipinski definition) is 6. The zero-order valence-electron chi connectivity index (χ0n) is 23.7. The summed E-state index contributed by atoms with van der Waals surface area (Å²) < 4.78 is 0. The molecule has 0 fully saturated rings. The Kier molecular flexibility index (Phi) is 10.3. The Balaban J connectivity index is 0.00000195. The van der Waals surface area contributed by atoms with Crippen LogP contribution in [0.5, 0.6) is 0 Å². The van der Waals surface area contributed by atoms with Crippen LogP contribution in [-0.2, 0) is 0 Å². The van der Waals surface area contributed by atoms with Gasteiger partial charge in [-0.15, -0.1) is 0 Å². The molecule has 3 aromatic heterocycles. The minimum absolute atomic E-state index is 0.0293. The molecule has 7 heteroatoms. The largest absolute Gasteiger partial charge is 0.373 e. The second-order valence-electron chi connectivity index (χ2n) is 9.38. The average Bonchev–Trinajstić information content (AvgIpc) is 2.95. The molecule has 200 valence electrons. The van der Waals surface area contributed by atoms with Gasteiger partial charge in [0.25, 0.3) is 5.91 Å². The molecule has 0 aromatic carbocycles. The third-order valence-corrected chi connectivity index (χ3v) is 6.42. The van der Waals surface area contributed by atoms with Crippen molar-refractivity contribution in [3.63, 3.8) is 0 Å².